The number of carbonyl (C=O) groups excluding carboxylic acids is 5. The van der Waals surface area contributed by atoms with Crippen molar-refractivity contribution in [1.82, 2.24) is 60.5 Å². The van der Waals surface area contributed by atoms with Crippen molar-refractivity contribution in [2.75, 3.05) is 235 Å². The van der Waals surface area contributed by atoms with Crippen LogP contribution in [0.4, 0.5) is 0 Å². The molecule has 28 nitrogen and oxygen atoms in total. The lowest BCUT2D eigenvalue weighted by Gasteiger charge is -2.33. The third-order valence-corrected chi connectivity index (χ3v) is 12.3. The molecule has 0 unspecified atom stereocenters. The Morgan fingerprint density at radius 1 is 0.329 bits per heavy atom. The van der Waals surface area contributed by atoms with Crippen LogP contribution in [0.3, 0.4) is 0 Å². The number of esters is 3. The average Bonchev–Trinajstić information content (AvgIpc) is 3.35. The minimum absolute atomic E-state index is 0.0766. The van der Waals surface area contributed by atoms with E-state index in [9.17, 15) is 43.2 Å². The molecule has 458 valence electrons. The van der Waals surface area contributed by atoms with Crippen LogP contribution in [0.15, 0.2) is 0 Å². The van der Waals surface area contributed by atoms with Crippen LogP contribution in [0.2, 0.25) is 0 Å². The summed E-state index contributed by atoms with van der Waals surface area (Å²) in [5, 5.41) is 50.0. The second-order valence-electron chi connectivity index (χ2n) is 18.7. The quantitative estimate of drug-likeness (QED) is 0.0331. The molecule has 0 saturated carbocycles. The molecule has 3 fully saturated rings. The van der Waals surface area contributed by atoms with Gasteiger partial charge in [0.05, 0.1) is 72.2 Å². The molecule has 0 radical (unpaired) electrons. The third kappa shape index (κ3) is 46.0. The van der Waals surface area contributed by atoms with Crippen LogP contribution in [0.25, 0.3) is 0 Å². The van der Waals surface area contributed by atoms with Crippen molar-refractivity contribution >= 4 is 69.3 Å². The van der Waals surface area contributed by atoms with Crippen molar-refractivity contribution < 1.29 is 77.8 Å². The number of carboxylic acids is 4. The van der Waals surface area contributed by atoms with Crippen molar-refractivity contribution in [3.8, 4) is 0 Å². The number of carboxylic acid groups (broad SMARTS) is 4. The largest absolute Gasteiger partial charge is 0.480 e. The number of halogens is 1. The summed E-state index contributed by atoms with van der Waals surface area (Å²) in [6.07, 6.45) is 0. The minimum atomic E-state index is -1.02. The van der Waals surface area contributed by atoms with Crippen molar-refractivity contribution in [1.29, 1.82) is 0 Å². The van der Waals surface area contributed by atoms with Crippen LogP contribution in [-0.4, -0.2) is 348 Å². The maximum atomic E-state index is 12.1. The van der Waals surface area contributed by atoms with Gasteiger partial charge in [0, 0.05) is 157 Å². The summed E-state index contributed by atoms with van der Waals surface area (Å²) in [6, 6.07) is 0. The van der Waals surface area contributed by atoms with E-state index in [0.29, 0.717) is 143 Å². The Balaban J connectivity index is 0.00000116. The first-order valence-corrected chi connectivity index (χ1v) is 28.3. The molecule has 0 bridgehead atoms. The van der Waals surface area contributed by atoms with Crippen LogP contribution in [0, 0.1) is 0 Å². The Labute approximate surface area is 475 Å². The lowest BCUT2D eigenvalue weighted by Crippen LogP contribution is -2.49. The maximum absolute atomic E-state index is 12.1. The summed E-state index contributed by atoms with van der Waals surface area (Å²) >= 11 is 2.94. The van der Waals surface area contributed by atoms with Crippen molar-refractivity contribution in [2.24, 2.45) is 0 Å². The van der Waals surface area contributed by atoms with E-state index in [-0.39, 0.29) is 68.7 Å². The Kier molecular flexibility index (Phi) is 45.7. The first-order chi connectivity index (χ1) is 37.7. The molecule has 3 saturated heterocycles. The second kappa shape index (κ2) is 48.3. The van der Waals surface area contributed by atoms with E-state index in [4.69, 9.17) is 29.9 Å². The number of carbonyl (C=O) groups is 9. The van der Waals surface area contributed by atoms with E-state index in [1.54, 1.807) is 54.2 Å². The lowest BCUT2D eigenvalue weighted by molar-refractivity contribution is -0.146. The summed E-state index contributed by atoms with van der Waals surface area (Å²) < 4.78 is 14.7. The number of hydrogen-bond donors (Lipinski definition) is 8. The van der Waals surface area contributed by atoms with E-state index >= 15 is 0 Å². The molecule has 3 rings (SSSR count). The molecule has 29 heteroatoms. The predicted octanol–water partition coefficient (Wildman–Crippen LogP) is -3.64. The fourth-order valence-electron chi connectivity index (χ4n) is 8.00. The van der Waals surface area contributed by atoms with Crippen LogP contribution < -0.4 is 21.3 Å². The molecule has 0 aliphatic carbocycles. The topological polar surface area (TPSA) is 336 Å². The molecule has 8 N–H and O–H groups in total. The van der Waals surface area contributed by atoms with Gasteiger partial charge in [-0.25, -0.2) is 0 Å². The maximum Gasteiger partial charge on any atom is 0.320 e. The van der Waals surface area contributed by atoms with Gasteiger partial charge in [-0.1, -0.05) is 15.9 Å². The van der Waals surface area contributed by atoms with E-state index < -0.39 is 23.9 Å². The molecule has 0 atom stereocenters. The Hall–Kier alpha value is -4.37. The minimum Gasteiger partial charge on any atom is -0.480 e. The van der Waals surface area contributed by atoms with E-state index in [0.717, 1.165) is 52.4 Å². The van der Waals surface area contributed by atoms with Gasteiger partial charge in [0.1, 0.15) is 16.9 Å². The van der Waals surface area contributed by atoms with Crippen LogP contribution in [-0.2, 0) is 57.4 Å². The number of aliphatic carboxylic acids is 4. The molecule has 0 aromatic carbocycles. The Bertz CT molecular complexity index is 1540. The zero-order valence-corrected chi connectivity index (χ0v) is 49.2. The molecule has 0 amide bonds. The van der Waals surface area contributed by atoms with Gasteiger partial charge in [0.25, 0.3) is 0 Å². The number of rotatable bonds is 20. The zero-order valence-electron chi connectivity index (χ0n) is 47.6. The predicted molar refractivity (Wildman–Crippen MR) is 299 cm³/mol. The summed E-state index contributed by atoms with van der Waals surface area (Å²) in [5.41, 5.74) is 0. The normalized spacial score (nSPS) is 18.7. The van der Waals surface area contributed by atoms with Gasteiger partial charge in [-0.3, -0.25) is 82.4 Å². The summed E-state index contributed by atoms with van der Waals surface area (Å²) in [7, 11) is 0. The number of nitrogens with one attached hydrogen (secondary N) is 4. The van der Waals surface area contributed by atoms with Crippen molar-refractivity contribution in [3.05, 3.63) is 0 Å². The summed E-state index contributed by atoms with van der Waals surface area (Å²) in [5.74, 6) is -4.71. The number of alkyl halides is 1. The fraction of sp³-hybridized carbons (Fsp3) is 0.820. The summed E-state index contributed by atoms with van der Waals surface area (Å²) in [6.45, 7) is 25.5. The first-order valence-electron chi connectivity index (χ1n) is 27.2. The molecule has 3 heterocycles. The van der Waals surface area contributed by atoms with Crippen LogP contribution >= 0.6 is 15.9 Å². The van der Waals surface area contributed by atoms with Crippen LogP contribution in [0.1, 0.15) is 34.6 Å². The Morgan fingerprint density at radius 2 is 0.506 bits per heavy atom. The molecular formula is C50H95BrN12O16. The van der Waals surface area contributed by atoms with Crippen molar-refractivity contribution in [2.45, 2.75) is 34.6 Å². The standard InChI is InChI=1S/C22H40N4O6.C16H28N4O8.C8H20N4.C4H7BrO2/c1-5-31-21(29)17-25-11-9-23(15-19(3)27)7-8-24(16-20(4)28)10-12-26(14-13-25)18-22(30)32-6-2;21-13(22)9-17-1-2-18(10-14(23)24)5-6-20(12-16(27)28)8-7-19(4-3-17)11-15(25)26;1-2-10-5-6-12-8-7-11-4-3-9-1;1-2-7-4(6)3-5/h5-18H2,1-4H3;1-12H2,(H,21,22)(H,23,24)(H,25,26)(H,27,28);9-12H,1-8H2;2-3H2,1H3. The number of ketones is 2. The molecule has 79 heavy (non-hydrogen) atoms. The number of nitrogens with zero attached hydrogens (tertiary/aromatic N) is 8. The number of Topliss-reactive ketones (excluding diaryl/α,β-unsaturated/α-hetero) is 2. The summed E-state index contributed by atoms with van der Waals surface area (Å²) in [4.78, 5) is 117. The van der Waals surface area contributed by atoms with Gasteiger partial charge in [-0.05, 0) is 34.6 Å². The highest BCUT2D eigenvalue weighted by molar-refractivity contribution is 9.09. The average molecular weight is 1200 g/mol. The fourth-order valence-corrected chi connectivity index (χ4v) is 8.16. The molecule has 0 aromatic heterocycles. The van der Waals surface area contributed by atoms with E-state index in [1.807, 2.05) is 9.80 Å². The third-order valence-electron chi connectivity index (χ3n) is 11.8. The molecule has 0 aromatic rings. The smallest absolute Gasteiger partial charge is 0.320 e. The Morgan fingerprint density at radius 3 is 0.658 bits per heavy atom. The second-order valence-corrected chi connectivity index (χ2v) is 19.3. The van der Waals surface area contributed by atoms with E-state index in [1.165, 1.54) is 0 Å². The first kappa shape index (κ1) is 74.6. The monoisotopic (exact) mass is 1200 g/mol. The van der Waals surface area contributed by atoms with Crippen LogP contribution in [0.5, 0.6) is 0 Å². The zero-order chi connectivity index (χ0) is 59.2. The highest BCUT2D eigenvalue weighted by Gasteiger charge is 2.23. The van der Waals surface area contributed by atoms with Gasteiger partial charge in [0.2, 0.25) is 0 Å². The SMILES string of the molecule is C1CNCCNCCNCCN1.CCOC(=O)CBr.CCOC(=O)CN1CCN(CC(C)=O)CCN(CC(C)=O)CCN(CC(=O)OCC)CC1.O=C(O)CN1CCN(CC(=O)O)CCN(CC(=O)O)CCN(CC(=O)O)CC1. The molecular weight excluding hydrogens is 1100 g/mol. The van der Waals surface area contributed by atoms with Gasteiger partial charge < -0.3 is 55.9 Å². The van der Waals surface area contributed by atoms with Gasteiger partial charge in [0.15, 0.2) is 0 Å². The van der Waals surface area contributed by atoms with Crippen molar-refractivity contribution in [3.63, 3.8) is 0 Å². The molecule has 3 aliphatic heterocycles. The number of hydrogen-bond acceptors (Lipinski definition) is 24. The highest BCUT2D eigenvalue weighted by atomic mass is 79.9. The van der Waals surface area contributed by atoms with Gasteiger partial charge in [-0.2, -0.15) is 0 Å². The molecule has 0 spiro atoms. The number of ether oxygens (including phenoxy) is 3. The van der Waals surface area contributed by atoms with Gasteiger partial charge >= 0.3 is 41.8 Å². The molecule has 3 aliphatic rings. The van der Waals surface area contributed by atoms with Gasteiger partial charge in [-0.15, -0.1) is 0 Å². The lowest BCUT2D eigenvalue weighted by atomic mass is 10.3. The van der Waals surface area contributed by atoms with E-state index in [2.05, 4.69) is 51.7 Å². The highest BCUT2D eigenvalue weighted by Crippen LogP contribution is 2.04.